The maximum Gasteiger partial charge on any atom is 0.243 e. The minimum Gasteiger partial charge on any atom is -0.338 e. The largest absolute Gasteiger partial charge is 0.338 e. The van der Waals surface area contributed by atoms with Crippen molar-refractivity contribution in [3.05, 3.63) is 46.3 Å². The number of piperazine rings is 1. The zero-order valence-corrected chi connectivity index (χ0v) is 16.8. The van der Waals surface area contributed by atoms with E-state index >= 15 is 0 Å². The molecule has 1 aliphatic rings. The Labute approximate surface area is 160 Å². The molecule has 27 heavy (non-hydrogen) atoms. The van der Waals surface area contributed by atoms with Crippen molar-refractivity contribution < 1.29 is 8.42 Å². The third kappa shape index (κ3) is 3.80. The molecule has 1 saturated heterocycles. The zero-order chi connectivity index (χ0) is 19.8. The number of rotatable bonds is 3. The molecular formula is C19H23N5O2S. The summed E-state index contributed by atoms with van der Waals surface area (Å²) in [5.41, 5.74) is 3.64. The summed E-state index contributed by atoms with van der Waals surface area (Å²) in [6.45, 7) is 9.14. The summed E-state index contributed by atoms with van der Waals surface area (Å²) < 4.78 is 27.9. The van der Waals surface area contributed by atoms with Crippen molar-refractivity contribution in [1.82, 2.24) is 14.3 Å². The van der Waals surface area contributed by atoms with Gasteiger partial charge in [0.2, 0.25) is 16.0 Å². The van der Waals surface area contributed by atoms with Crippen LogP contribution < -0.4 is 4.90 Å². The van der Waals surface area contributed by atoms with Gasteiger partial charge in [-0.25, -0.2) is 18.4 Å². The van der Waals surface area contributed by atoms with Gasteiger partial charge >= 0.3 is 0 Å². The monoisotopic (exact) mass is 385 g/mol. The number of aryl methyl sites for hydroxylation is 4. The van der Waals surface area contributed by atoms with E-state index in [1.54, 1.807) is 6.07 Å². The fourth-order valence-corrected chi connectivity index (χ4v) is 5.42. The second-order valence-electron chi connectivity index (χ2n) is 6.93. The van der Waals surface area contributed by atoms with Crippen LogP contribution in [0.3, 0.4) is 0 Å². The lowest BCUT2D eigenvalue weighted by Crippen LogP contribution is -2.49. The lowest BCUT2D eigenvalue weighted by molar-refractivity contribution is 0.382. The molecule has 1 aliphatic heterocycles. The number of aromatic nitrogens is 2. The SMILES string of the molecule is Cc1cc(C)c(S(=O)(=O)N2CCN(c3nc(C)cc(C#N)n3)CC2)c(C)c1. The van der Waals surface area contributed by atoms with Gasteiger partial charge in [0, 0.05) is 31.9 Å². The van der Waals surface area contributed by atoms with Crippen LogP contribution in [0.15, 0.2) is 23.1 Å². The number of nitriles is 1. The molecule has 1 aromatic heterocycles. The number of nitrogens with zero attached hydrogens (tertiary/aromatic N) is 5. The van der Waals surface area contributed by atoms with Crippen molar-refractivity contribution in [3.8, 4) is 6.07 Å². The minimum absolute atomic E-state index is 0.318. The van der Waals surface area contributed by atoms with Crippen LogP contribution in [-0.2, 0) is 10.0 Å². The predicted molar refractivity (Wildman–Crippen MR) is 103 cm³/mol. The Morgan fingerprint density at radius 1 is 0.963 bits per heavy atom. The van der Waals surface area contributed by atoms with E-state index < -0.39 is 10.0 Å². The lowest BCUT2D eigenvalue weighted by Gasteiger charge is -2.34. The summed E-state index contributed by atoms with van der Waals surface area (Å²) in [5, 5.41) is 9.08. The summed E-state index contributed by atoms with van der Waals surface area (Å²) in [4.78, 5) is 11.0. The van der Waals surface area contributed by atoms with Crippen LogP contribution in [0.25, 0.3) is 0 Å². The van der Waals surface area contributed by atoms with Gasteiger partial charge in [0.25, 0.3) is 0 Å². The number of sulfonamides is 1. The topological polar surface area (TPSA) is 90.2 Å². The van der Waals surface area contributed by atoms with Gasteiger partial charge in [0.1, 0.15) is 11.8 Å². The zero-order valence-electron chi connectivity index (χ0n) is 16.0. The van der Waals surface area contributed by atoms with Crippen LogP contribution in [0, 0.1) is 39.0 Å². The highest BCUT2D eigenvalue weighted by molar-refractivity contribution is 7.89. The smallest absolute Gasteiger partial charge is 0.243 e. The highest BCUT2D eigenvalue weighted by Crippen LogP contribution is 2.26. The molecule has 8 heteroatoms. The Morgan fingerprint density at radius 3 is 2.11 bits per heavy atom. The van der Waals surface area contributed by atoms with E-state index in [-0.39, 0.29) is 0 Å². The van der Waals surface area contributed by atoms with Gasteiger partial charge in [0.15, 0.2) is 0 Å². The Hall–Kier alpha value is -2.50. The highest BCUT2D eigenvalue weighted by atomic mass is 32.2. The van der Waals surface area contributed by atoms with E-state index in [2.05, 4.69) is 9.97 Å². The molecule has 0 atom stereocenters. The van der Waals surface area contributed by atoms with E-state index in [0.717, 1.165) is 22.4 Å². The van der Waals surface area contributed by atoms with Crippen LogP contribution in [0.5, 0.6) is 0 Å². The molecule has 142 valence electrons. The molecule has 0 radical (unpaired) electrons. The van der Waals surface area contributed by atoms with E-state index in [4.69, 9.17) is 5.26 Å². The van der Waals surface area contributed by atoms with Gasteiger partial charge in [-0.15, -0.1) is 0 Å². The van der Waals surface area contributed by atoms with Crippen molar-refractivity contribution in [3.63, 3.8) is 0 Å². The number of anilines is 1. The first-order chi connectivity index (χ1) is 12.7. The molecule has 2 heterocycles. The molecule has 0 aliphatic carbocycles. The molecule has 0 unspecified atom stereocenters. The molecule has 7 nitrogen and oxygen atoms in total. The van der Waals surface area contributed by atoms with Crippen molar-refractivity contribution in [2.24, 2.45) is 0 Å². The van der Waals surface area contributed by atoms with Crippen molar-refractivity contribution in [1.29, 1.82) is 5.26 Å². The number of hydrogen-bond acceptors (Lipinski definition) is 6. The average molecular weight is 385 g/mol. The summed E-state index contributed by atoms with van der Waals surface area (Å²) in [5.74, 6) is 0.478. The van der Waals surface area contributed by atoms with Crippen molar-refractivity contribution in [2.45, 2.75) is 32.6 Å². The molecule has 3 rings (SSSR count). The second kappa shape index (κ2) is 7.25. The van der Waals surface area contributed by atoms with E-state index in [0.29, 0.717) is 42.7 Å². The van der Waals surface area contributed by atoms with E-state index in [1.807, 2.05) is 50.8 Å². The van der Waals surface area contributed by atoms with Gasteiger partial charge in [-0.1, -0.05) is 17.7 Å². The fourth-order valence-electron chi connectivity index (χ4n) is 3.58. The first-order valence-corrected chi connectivity index (χ1v) is 10.2. The van der Waals surface area contributed by atoms with Gasteiger partial charge in [-0.3, -0.25) is 0 Å². The summed E-state index contributed by atoms with van der Waals surface area (Å²) in [6.07, 6.45) is 0. The van der Waals surface area contributed by atoms with Crippen molar-refractivity contribution >= 4 is 16.0 Å². The lowest BCUT2D eigenvalue weighted by atomic mass is 10.1. The van der Waals surface area contributed by atoms with Gasteiger partial charge in [-0.05, 0) is 44.9 Å². The average Bonchev–Trinajstić information content (AvgIpc) is 2.60. The molecule has 1 fully saturated rings. The van der Waals surface area contributed by atoms with E-state index in [1.165, 1.54) is 4.31 Å². The summed E-state index contributed by atoms with van der Waals surface area (Å²) in [6, 6.07) is 7.47. The summed E-state index contributed by atoms with van der Waals surface area (Å²) in [7, 11) is -3.55. The van der Waals surface area contributed by atoms with Crippen LogP contribution in [0.1, 0.15) is 28.1 Å². The first kappa shape index (κ1) is 19.3. The van der Waals surface area contributed by atoms with E-state index in [9.17, 15) is 8.42 Å². The maximum atomic E-state index is 13.2. The first-order valence-electron chi connectivity index (χ1n) is 8.81. The van der Waals surface area contributed by atoms with Gasteiger partial charge in [-0.2, -0.15) is 9.57 Å². The van der Waals surface area contributed by atoms with Crippen LogP contribution in [-0.4, -0.2) is 48.9 Å². The van der Waals surface area contributed by atoms with Crippen LogP contribution >= 0.6 is 0 Å². The molecule has 1 aromatic carbocycles. The Balaban J connectivity index is 1.82. The highest BCUT2D eigenvalue weighted by Gasteiger charge is 2.31. The normalized spacial score (nSPS) is 15.6. The summed E-state index contributed by atoms with van der Waals surface area (Å²) >= 11 is 0. The molecule has 0 bridgehead atoms. The Bertz CT molecular complexity index is 996. The maximum absolute atomic E-state index is 13.2. The van der Waals surface area contributed by atoms with Crippen LogP contribution in [0.2, 0.25) is 0 Å². The Kier molecular flexibility index (Phi) is 5.18. The number of hydrogen-bond donors (Lipinski definition) is 0. The quantitative estimate of drug-likeness (QED) is 0.804. The third-order valence-corrected chi connectivity index (χ3v) is 6.89. The molecule has 0 N–H and O–H groups in total. The molecular weight excluding hydrogens is 362 g/mol. The standard InChI is InChI=1S/C19H23N5O2S/c1-13-9-14(2)18(15(3)10-13)27(25,26)24-7-5-23(6-8-24)19-21-16(4)11-17(12-20)22-19/h9-11H,5-8H2,1-4H3. The number of benzene rings is 1. The van der Waals surface area contributed by atoms with Crippen LogP contribution in [0.4, 0.5) is 5.95 Å². The van der Waals surface area contributed by atoms with Gasteiger partial charge in [0.05, 0.1) is 4.90 Å². The van der Waals surface area contributed by atoms with Gasteiger partial charge < -0.3 is 4.90 Å². The second-order valence-corrected chi connectivity index (χ2v) is 8.80. The molecule has 0 spiro atoms. The molecule has 0 amide bonds. The fraction of sp³-hybridized carbons (Fsp3) is 0.421. The predicted octanol–water partition coefficient (Wildman–Crippen LogP) is 2.09. The van der Waals surface area contributed by atoms with Crippen molar-refractivity contribution in [2.75, 3.05) is 31.1 Å². The molecule has 2 aromatic rings. The third-order valence-electron chi connectivity index (χ3n) is 4.68. The Morgan fingerprint density at radius 2 is 1.56 bits per heavy atom. The molecule has 0 saturated carbocycles. The minimum atomic E-state index is -3.55.